The minimum absolute atomic E-state index is 0. The van der Waals surface area contributed by atoms with E-state index in [1.165, 1.54) is 0 Å². The topological polar surface area (TPSA) is 0 Å². The molecule has 13 valence electrons. The standard InChI is InChI=1S/HI.Li.Na.Sc.H/h1H;;;;/q;+1;;;/p-1. The summed E-state index contributed by atoms with van der Waals surface area (Å²) in [6.07, 6.45) is 0. The Morgan fingerprint density at radius 3 is 1.00 bits per heavy atom. The van der Waals surface area contributed by atoms with Crippen LogP contribution in [0.15, 0.2) is 0 Å². The second kappa shape index (κ2) is 16.4. The third-order valence-electron chi connectivity index (χ3n) is 0. The van der Waals surface area contributed by atoms with E-state index in [0.29, 0.717) is 0 Å². The van der Waals surface area contributed by atoms with Crippen molar-refractivity contribution in [1.29, 1.82) is 0 Å². The van der Waals surface area contributed by atoms with Crippen molar-refractivity contribution in [2.24, 2.45) is 0 Å². The zero-order valence-corrected chi connectivity index (χ0v) is 5.92. The summed E-state index contributed by atoms with van der Waals surface area (Å²) in [4.78, 5) is 0. The summed E-state index contributed by atoms with van der Waals surface area (Å²) in [6, 6.07) is 0. The van der Waals surface area contributed by atoms with Gasteiger partial charge < -0.3 is 24.0 Å². The molecule has 1 radical (unpaired) electrons. The smallest absolute Gasteiger partial charge is 0 e. The van der Waals surface area contributed by atoms with Crippen LogP contribution in [0.25, 0.3) is 0 Å². The SMILES string of the molecule is [I-].[Li+].[NaH].[Sc]. The van der Waals surface area contributed by atoms with Crippen molar-refractivity contribution in [1.82, 2.24) is 0 Å². The second-order valence-electron chi connectivity index (χ2n) is 0. The first kappa shape index (κ1) is 27.0. The van der Waals surface area contributed by atoms with E-state index < -0.39 is 0 Å². The maximum atomic E-state index is 0. The largest absolute Gasteiger partial charge is 0 e. The monoisotopic (exact) mass is 203 g/mol. The minimum Gasteiger partial charge on any atom is 0 e. The van der Waals surface area contributed by atoms with Gasteiger partial charge in [-0.25, -0.2) is 0 Å². The van der Waals surface area contributed by atoms with Crippen LogP contribution >= 0.6 is 0 Å². The average molecular weight is 203 g/mol. The molecule has 0 heterocycles. The molecule has 0 aromatic carbocycles. The van der Waals surface area contributed by atoms with Gasteiger partial charge in [-0.2, -0.15) is 0 Å². The van der Waals surface area contributed by atoms with E-state index in [0.717, 1.165) is 0 Å². The van der Waals surface area contributed by atoms with E-state index in [9.17, 15) is 0 Å². The van der Waals surface area contributed by atoms with Crippen molar-refractivity contribution in [2.45, 2.75) is 0 Å². The number of halogens is 1. The Hall–Kier alpha value is 3.20. The predicted octanol–water partition coefficient (Wildman–Crippen LogP) is -6.64. The number of rotatable bonds is 0. The van der Waals surface area contributed by atoms with Crippen LogP contribution in [0.2, 0.25) is 0 Å². The molecule has 0 aromatic heterocycles. The summed E-state index contributed by atoms with van der Waals surface area (Å²) in [7, 11) is 0. The molecule has 0 fully saturated rings. The minimum atomic E-state index is 0. The first-order valence-corrected chi connectivity index (χ1v) is 0. The van der Waals surface area contributed by atoms with Gasteiger partial charge in [0.2, 0.25) is 0 Å². The molecule has 0 N–H and O–H groups in total. The molecule has 0 unspecified atom stereocenters. The fourth-order valence-corrected chi connectivity index (χ4v) is 0. The van der Waals surface area contributed by atoms with Gasteiger partial charge in [-0.05, 0) is 0 Å². The van der Waals surface area contributed by atoms with Crippen LogP contribution in [0.4, 0.5) is 0 Å². The Balaban J connectivity index is 0. The van der Waals surface area contributed by atoms with Gasteiger partial charge in [-0.1, -0.05) is 0 Å². The normalized spacial score (nSPS) is 0. The van der Waals surface area contributed by atoms with E-state index in [2.05, 4.69) is 0 Å². The van der Waals surface area contributed by atoms with Gasteiger partial charge in [-0.15, -0.1) is 0 Å². The summed E-state index contributed by atoms with van der Waals surface area (Å²) in [5, 5.41) is 0. The molecule has 0 aliphatic rings. The van der Waals surface area contributed by atoms with Gasteiger partial charge in [0, 0.05) is 25.8 Å². The maximum absolute atomic E-state index is 0. The number of hydrogen-bond donors (Lipinski definition) is 0. The molecule has 0 amide bonds. The molecule has 0 nitrogen and oxygen atoms in total. The Labute approximate surface area is 96.1 Å². The van der Waals surface area contributed by atoms with E-state index >= 15 is 0 Å². The summed E-state index contributed by atoms with van der Waals surface area (Å²) in [5.74, 6) is 0. The Bertz CT molecular complexity index is 8.00. The molecule has 0 spiro atoms. The summed E-state index contributed by atoms with van der Waals surface area (Å²) >= 11 is 0. The van der Waals surface area contributed by atoms with E-state index in [1.54, 1.807) is 0 Å². The molecule has 0 aromatic rings. The van der Waals surface area contributed by atoms with E-state index in [-0.39, 0.29) is 98.2 Å². The second-order valence-corrected chi connectivity index (χ2v) is 0. The molecular formula is HILiNaSc. The Kier molecular flexibility index (Phi) is 111. The summed E-state index contributed by atoms with van der Waals surface area (Å²) in [6.45, 7) is 0. The van der Waals surface area contributed by atoms with E-state index in [4.69, 9.17) is 0 Å². The molecule has 0 aliphatic carbocycles. The molecule has 0 aliphatic heterocycles. The van der Waals surface area contributed by atoms with Gasteiger partial charge >= 0.3 is 48.4 Å². The van der Waals surface area contributed by atoms with Crippen LogP contribution in [0.5, 0.6) is 0 Å². The van der Waals surface area contributed by atoms with Crippen LogP contribution in [0, 0.1) is 0 Å². The fourth-order valence-electron chi connectivity index (χ4n) is 0. The molecule has 4 heteroatoms. The molecule has 0 saturated carbocycles. The molecule has 0 bridgehead atoms. The van der Waals surface area contributed by atoms with Crippen molar-refractivity contribution >= 4 is 29.6 Å². The van der Waals surface area contributed by atoms with Crippen LogP contribution in [-0.4, -0.2) is 29.6 Å². The first-order valence-electron chi connectivity index (χ1n) is 0. The third-order valence-corrected chi connectivity index (χ3v) is 0. The van der Waals surface area contributed by atoms with Crippen LogP contribution in [0.3, 0.4) is 0 Å². The van der Waals surface area contributed by atoms with Crippen molar-refractivity contribution in [3.05, 3.63) is 0 Å². The van der Waals surface area contributed by atoms with Gasteiger partial charge in [-0.3, -0.25) is 0 Å². The molecule has 4 heavy (non-hydrogen) atoms. The maximum Gasteiger partial charge on any atom is 0 e. The zero-order chi connectivity index (χ0) is 0. The van der Waals surface area contributed by atoms with Crippen LogP contribution in [-0.2, 0) is 25.8 Å². The summed E-state index contributed by atoms with van der Waals surface area (Å²) < 4.78 is 0. The van der Waals surface area contributed by atoms with E-state index in [1.807, 2.05) is 0 Å². The van der Waals surface area contributed by atoms with Gasteiger partial charge in [0.1, 0.15) is 0 Å². The van der Waals surface area contributed by atoms with Crippen LogP contribution < -0.4 is 42.8 Å². The third kappa shape index (κ3) is 8.96. The van der Waals surface area contributed by atoms with Crippen LogP contribution in [0.1, 0.15) is 0 Å². The van der Waals surface area contributed by atoms with Gasteiger partial charge in [0.15, 0.2) is 0 Å². The molecular weight excluding hydrogens is 202 g/mol. The fraction of sp³-hybridized carbons (Fsp3) is 0. The quantitative estimate of drug-likeness (QED) is 0.271. The van der Waals surface area contributed by atoms with Crippen molar-refractivity contribution in [2.75, 3.05) is 0 Å². The number of hydrogen-bond acceptors (Lipinski definition) is 0. The predicted molar refractivity (Wildman–Crippen MR) is 7.15 cm³/mol. The van der Waals surface area contributed by atoms with Crippen molar-refractivity contribution in [3.8, 4) is 0 Å². The van der Waals surface area contributed by atoms with Crippen molar-refractivity contribution < 1.29 is 68.7 Å². The van der Waals surface area contributed by atoms with Crippen molar-refractivity contribution in [3.63, 3.8) is 0 Å². The Morgan fingerprint density at radius 1 is 1.00 bits per heavy atom. The molecule has 0 saturated heterocycles. The van der Waals surface area contributed by atoms with Gasteiger partial charge in [0.25, 0.3) is 0 Å². The molecule has 0 rings (SSSR count). The Morgan fingerprint density at radius 2 is 1.00 bits per heavy atom. The summed E-state index contributed by atoms with van der Waals surface area (Å²) in [5.41, 5.74) is 0. The van der Waals surface area contributed by atoms with Gasteiger partial charge in [0.05, 0.1) is 0 Å². The zero-order valence-electron chi connectivity index (χ0n) is 1.96. The molecule has 0 atom stereocenters. The first-order chi connectivity index (χ1) is 0. The average Bonchev–Trinajstić information content (AvgIpc) is 0.